The summed E-state index contributed by atoms with van der Waals surface area (Å²) in [4.78, 5) is 58.8. The average Bonchev–Trinajstić information content (AvgIpc) is 0.902. The predicted octanol–water partition coefficient (Wildman–Crippen LogP) is 26.5. The Morgan fingerprint density at radius 3 is 0.757 bits per heavy atom. The lowest BCUT2D eigenvalue weighted by atomic mass is 10.0. The van der Waals surface area contributed by atoms with Crippen LogP contribution in [0.2, 0.25) is 0 Å². The van der Waals surface area contributed by atoms with Gasteiger partial charge in [-0.2, -0.15) is 0 Å². The maximum Gasteiger partial charge on any atom is 0.472 e. The van der Waals surface area contributed by atoms with E-state index >= 15 is 0 Å². The molecule has 0 aromatic rings. The van der Waals surface area contributed by atoms with Crippen LogP contribution in [0.15, 0.2) is 158 Å². The summed E-state index contributed by atoms with van der Waals surface area (Å²) in [5.41, 5.74) is 0. The van der Waals surface area contributed by atoms with Crippen molar-refractivity contribution in [1.29, 1.82) is 0 Å². The molecule has 111 heavy (non-hydrogen) atoms. The van der Waals surface area contributed by atoms with Crippen molar-refractivity contribution < 1.29 is 75.8 Å². The number of carbonyl (C=O) groups is 3. The van der Waals surface area contributed by atoms with Gasteiger partial charge in [-0.15, -0.1) is 0 Å². The van der Waals surface area contributed by atoms with Crippen molar-refractivity contribution in [1.82, 2.24) is 0 Å². The Balaban J connectivity index is 4.48. The highest BCUT2D eigenvalue weighted by atomic mass is 31.2. The Morgan fingerprint density at radius 1 is 0.261 bits per heavy atom. The first-order chi connectivity index (χ1) is 54.2. The Kier molecular flexibility index (Phi) is 80.9. The molecule has 0 aliphatic carbocycles. The Bertz CT molecular complexity index is 2650. The molecule has 16 nitrogen and oxygen atoms in total. The summed E-state index contributed by atoms with van der Waals surface area (Å²) in [5, 5.41) is 20.7. The second kappa shape index (κ2) is 84.6. The molecular weight excluding hydrogens is 1430 g/mol. The molecule has 18 heteroatoms. The van der Waals surface area contributed by atoms with Gasteiger partial charge in [0.25, 0.3) is 0 Å². The Labute approximate surface area is 676 Å². The second-order valence-electron chi connectivity index (χ2n) is 28.9. The van der Waals surface area contributed by atoms with E-state index in [4.69, 9.17) is 32.3 Å². The zero-order chi connectivity index (χ0) is 80.8. The van der Waals surface area contributed by atoms with Crippen LogP contribution in [0.25, 0.3) is 0 Å². The third kappa shape index (κ3) is 85.9. The lowest BCUT2D eigenvalue weighted by Gasteiger charge is -2.21. The van der Waals surface area contributed by atoms with Crippen LogP contribution in [0.1, 0.15) is 355 Å². The lowest BCUT2D eigenvalue weighted by Crippen LogP contribution is -2.30. The monoisotopic (exact) mass is 1590 g/mol. The summed E-state index contributed by atoms with van der Waals surface area (Å²) >= 11 is 0. The summed E-state index contributed by atoms with van der Waals surface area (Å²) in [6, 6.07) is 0. The summed E-state index contributed by atoms with van der Waals surface area (Å²) in [5.74, 6) is -1.59. The van der Waals surface area contributed by atoms with Gasteiger partial charge in [-0.3, -0.25) is 32.5 Å². The van der Waals surface area contributed by atoms with Crippen LogP contribution in [0.3, 0.4) is 0 Å². The maximum atomic E-state index is 13.0. The molecule has 4 N–H and O–H groups in total. The Hall–Kier alpha value is -4.83. The van der Waals surface area contributed by atoms with Crippen molar-refractivity contribution in [3.63, 3.8) is 0 Å². The molecule has 636 valence electrons. The number of esters is 3. The van der Waals surface area contributed by atoms with Crippen molar-refractivity contribution in [3.05, 3.63) is 158 Å². The SMILES string of the molecule is CC/C=C\C/C=C\C/C=C\C/C=C\C/C=C\C/C=C\CCCCCCCCCCCCCCCCC(=O)OCC(O)COP(=O)(O)OCC(O)COP(=O)(O)OCC(COC(=O)CCCCCCCCCCCCC/C=C\C/C=C\C/C=C\C/C=C\C/C=C\CC)OC(=O)CCCCCCC/C=C\C/C=C\CCCCC. The van der Waals surface area contributed by atoms with Crippen molar-refractivity contribution in [2.24, 2.45) is 0 Å². The maximum absolute atomic E-state index is 13.0. The minimum atomic E-state index is -4.94. The number of hydrogen-bond acceptors (Lipinski definition) is 14. The fraction of sp³-hybridized carbons (Fsp3) is 0.688. The van der Waals surface area contributed by atoms with E-state index in [0.29, 0.717) is 19.3 Å². The molecule has 0 aromatic heterocycles. The van der Waals surface area contributed by atoms with E-state index in [-0.39, 0.29) is 19.3 Å². The van der Waals surface area contributed by atoms with Crippen LogP contribution >= 0.6 is 15.6 Å². The first-order valence-corrected chi connectivity index (χ1v) is 46.8. The predicted molar refractivity (Wildman–Crippen MR) is 463 cm³/mol. The number of carbonyl (C=O) groups excluding carboxylic acids is 3. The van der Waals surface area contributed by atoms with E-state index in [2.05, 4.69) is 179 Å². The van der Waals surface area contributed by atoms with Crippen molar-refractivity contribution in [2.45, 2.75) is 373 Å². The molecule has 0 radical (unpaired) electrons. The number of phosphoric ester groups is 2. The smallest absolute Gasteiger partial charge is 0.463 e. The van der Waals surface area contributed by atoms with Gasteiger partial charge in [0.2, 0.25) is 0 Å². The Morgan fingerprint density at radius 2 is 0.477 bits per heavy atom. The molecule has 0 aromatic carbocycles. The number of aliphatic hydroxyl groups is 2. The van der Waals surface area contributed by atoms with Crippen LogP contribution in [0, 0.1) is 0 Å². The van der Waals surface area contributed by atoms with Gasteiger partial charge < -0.3 is 34.2 Å². The van der Waals surface area contributed by atoms with Gasteiger partial charge in [0.05, 0.1) is 26.4 Å². The fourth-order valence-electron chi connectivity index (χ4n) is 11.6. The molecule has 0 saturated heterocycles. The van der Waals surface area contributed by atoms with Gasteiger partial charge in [0, 0.05) is 19.3 Å². The molecule has 0 bridgehead atoms. The van der Waals surface area contributed by atoms with Crippen LogP contribution in [0.5, 0.6) is 0 Å². The molecule has 0 aliphatic rings. The quantitative estimate of drug-likeness (QED) is 0.0146. The van der Waals surface area contributed by atoms with Crippen molar-refractivity contribution >= 4 is 33.6 Å². The number of ether oxygens (including phenoxy) is 3. The minimum absolute atomic E-state index is 0.0856. The summed E-state index contributed by atoms with van der Waals surface area (Å²) in [6.07, 6.45) is 107. The minimum Gasteiger partial charge on any atom is -0.463 e. The summed E-state index contributed by atoms with van der Waals surface area (Å²) in [7, 11) is -9.81. The van der Waals surface area contributed by atoms with E-state index in [1.54, 1.807) is 0 Å². The first-order valence-electron chi connectivity index (χ1n) is 43.8. The van der Waals surface area contributed by atoms with Crippen LogP contribution in [0.4, 0.5) is 0 Å². The molecule has 0 fully saturated rings. The second-order valence-corrected chi connectivity index (χ2v) is 31.8. The van der Waals surface area contributed by atoms with E-state index in [1.807, 2.05) is 0 Å². The number of allylic oxidation sites excluding steroid dienone is 26. The number of hydrogen-bond donors (Lipinski definition) is 4. The number of aliphatic hydroxyl groups excluding tert-OH is 2. The standard InChI is InChI=1S/C93H158O16P2/c1-4-7-10-13-16-19-22-25-28-30-32-34-36-38-40-41-42-43-44-45-47-49-50-52-54-56-59-61-64-67-70-73-76-79-91(96)103-82-88(94)83-105-110(99,100)106-84-89(95)85-107-111(101,102)108-87-90(109-93(98)81-78-75-72-69-66-63-58-27-24-21-18-15-12-9-6-3)86-104-92(97)80-77-74-71-68-65-62-60-57-55-53-51-48-46-39-37-35-33-31-29-26-23-20-17-14-11-8-5-2/h7-8,10-11,16-21,25-29,32-35,38-40,42-43,46,58,88-90,94-95H,4-6,9,12-15,22-24,30-31,36-37,41,44-45,47-57,59-87H2,1-3H3,(H,99,100)(H,101,102)/b10-7-,11-8-,19-16-,20-17-,21-18-,28-25-,29-26-,34-32-,35-33-,40-38-,43-42-,46-39-,58-27-. The third-order valence-electron chi connectivity index (χ3n) is 18.2. The van der Waals surface area contributed by atoms with E-state index < -0.39 is 91.5 Å². The highest BCUT2D eigenvalue weighted by Crippen LogP contribution is 2.45. The number of unbranched alkanes of at least 4 members (excludes halogenated alkanes) is 33. The van der Waals surface area contributed by atoms with Crippen LogP contribution in [-0.4, -0.2) is 95.9 Å². The van der Waals surface area contributed by atoms with Crippen LogP contribution < -0.4 is 0 Å². The topological polar surface area (TPSA) is 231 Å². The highest BCUT2D eigenvalue weighted by molar-refractivity contribution is 7.47. The van der Waals surface area contributed by atoms with Crippen LogP contribution in [-0.2, 0) is 55.8 Å². The number of phosphoric acid groups is 2. The van der Waals surface area contributed by atoms with Gasteiger partial charge in [0.1, 0.15) is 25.4 Å². The van der Waals surface area contributed by atoms with Gasteiger partial charge >= 0.3 is 33.6 Å². The first kappa shape index (κ1) is 106. The normalized spacial score (nSPS) is 14.6. The van der Waals surface area contributed by atoms with E-state index in [9.17, 15) is 43.5 Å². The molecular formula is C93H158O16P2. The zero-order valence-corrected chi connectivity index (χ0v) is 71.6. The molecule has 0 spiro atoms. The summed E-state index contributed by atoms with van der Waals surface area (Å²) < 4.78 is 61.3. The van der Waals surface area contributed by atoms with E-state index in [1.165, 1.54) is 122 Å². The molecule has 0 saturated carbocycles. The molecule has 0 heterocycles. The molecule has 5 unspecified atom stereocenters. The fourth-order valence-corrected chi connectivity index (χ4v) is 13.2. The zero-order valence-electron chi connectivity index (χ0n) is 69.8. The third-order valence-corrected chi connectivity index (χ3v) is 20.1. The van der Waals surface area contributed by atoms with Crippen molar-refractivity contribution in [2.75, 3.05) is 39.6 Å². The number of rotatable bonds is 82. The average molecular weight is 1590 g/mol. The van der Waals surface area contributed by atoms with Crippen molar-refractivity contribution in [3.8, 4) is 0 Å². The summed E-state index contributed by atoms with van der Waals surface area (Å²) in [6.45, 7) is 2.44. The van der Waals surface area contributed by atoms with E-state index in [0.717, 1.165) is 173 Å². The van der Waals surface area contributed by atoms with Gasteiger partial charge in [0.15, 0.2) is 6.10 Å². The van der Waals surface area contributed by atoms with Gasteiger partial charge in [-0.25, -0.2) is 9.13 Å². The molecule has 5 atom stereocenters. The highest BCUT2D eigenvalue weighted by Gasteiger charge is 2.29. The lowest BCUT2D eigenvalue weighted by molar-refractivity contribution is -0.161. The van der Waals surface area contributed by atoms with Gasteiger partial charge in [-0.1, -0.05) is 346 Å². The molecule has 0 aliphatic heterocycles. The largest absolute Gasteiger partial charge is 0.472 e. The van der Waals surface area contributed by atoms with Gasteiger partial charge in [-0.05, 0) is 148 Å². The molecule has 0 amide bonds. The molecule has 0 rings (SSSR count).